The minimum Gasteiger partial charge on any atom is -0.379 e. The maximum absolute atomic E-state index is 13.3. The number of aromatic nitrogens is 1. The average Bonchev–Trinajstić information content (AvgIpc) is 3.26. The van der Waals surface area contributed by atoms with Gasteiger partial charge in [0, 0.05) is 43.8 Å². The Morgan fingerprint density at radius 2 is 1.94 bits per heavy atom. The van der Waals surface area contributed by atoms with E-state index in [1.807, 2.05) is 18.2 Å². The van der Waals surface area contributed by atoms with Crippen LogP contribution < -0.4 is 4.90 Å². The number of anilines is 1. The van der Waals surface area contributed by atoms with E-state index < -0.39 is 9.84 Å². The van der Waals surface area contributed by atoms with E-state index in [2.05, 4.69) is 22.0 Å². The third-order valence-electron chi connectivity index (χ3n) is 5.60. The molecule has 0 atom stereocenters. The van der Waals surface area contributed by atoms with Crippen molar-refractivity contribution in [3.05, 3.63) is 48.5 Å². The molecule has 1 aliphatic heterocycles. The lowest BCUT2D eigenvalue weighted by molar-refractivity contribution is -0.118. The molecule has 34 heavy (non-hydrogen) atoms. The highest BCUT2D eigenvalue weighted by Crippen LogP contribution is 2.31. The molecule has 0 saturated carbocycles. The molecule has 0 unspecified atom stereocenters. The molecule has 1 aliphatic rings. The van der Waals surface area contributed by atoms with E-state index in [4.69, 9.17) is 4.74 Å². The van der Waals surface area contributed by atoms with Gasteiger partial charge >= 0.3 is 0 Å². The van der Waals surface area contributed by atoms with E-state index >= 15 is 0 Å². The zero-order chi connectivity index (χ0) is 24.0. The second-order valence-corrected chi connectivity index (χ2v) is 12.4. The van der Waals surface area contributed by atoms with Crippen LogP contribution in [0.3, 0.4) is 0 Å². The number of morpholine rings is 1. The standard InChI is InChI=1S/C24H29N3O4S3/c1-34(29,30)20-9-10-21-22(18-20)33-24(25-21)27(12-11-26-13-15-31-16-14-26)23(28)8-5-17-32-19-6-3-2-4-7-19/h2-4,6-7,9-10,18H,5,8,11-17H2,1H3. The van der Waals surface area contributed by atoms with Crippen LogP contribution in [0, 0.1) is 0 Å². The molecule has 7 nitrogen and oxygen atoms in total. The van der Waals surface area contributed by atoms with Crippen molar-refractivity contribution >= 4 is 54.2 Å². The van der Waals surface area contributed by atoms with Crippen molar-refractivity contribution < 1.29 is 17.9 Å². The van der Waals surface area contributed by atoms with Crippen molar-refractivity contribution in [2.45, 2.75) is 22.6 Å². The minimum atomic E-state index is -3.31. The molecule has 3 aromatic rings. The predicted octanol–water partition coefficient (Wildman–Crippen LogP) is 3.94. The number of nitrogens with zero attached hydrogens (tertiary/aromatic N) is 3. The molecule has 2 aromatic carbocycles. The van der Waals surface area contributed by atoms with Gasteiger partial charge in [0.15, 0.2) is 15.0 Å². The topological polar surface area (TPSA) is 79.8 Å². The predicted molar refractivity (Wildman–Crippen MR) is 139 cm³/mol. The summed E-state index contributed by atoms with van der Waals surface area (Å²) < 4.78 is 30.1. The Morgan fingerprint density at radius 3 is 2.68 bits per heavy atom. The molecule has 0 aliphatic carbocycles. The van der Waals surface area contributed by atoms with Gasteiger partial charge in [-0.15, -0.1) is 11.8 Å². The van der Waals surface area contributed by atoms with Crippen LogP contribution in [0.4, 0.5) is 5.13 Å². The van der Waals surface area contributed by atoms with Crippen molar-refractivity contribution in [1.82, 2.24) is 9.88 Å². The monoisotopic (exact) mass is 519 g/mol. The van der Waals surface area contributed by atoms with Crippen LogP contribution in [0.2, 0.25) is 0 Å². The molecule has 0 radical (unpaired) electrons. The maximum Gasteiger partial charge on any atom is 0.228 e. The molecule has 1 amide bonds. The van der Waals surface area contributed by atoms with Gasteiger partial charge < -0.3 is 4.74 Å². The van der Waals surface area contributed by atoms with E-state index in [1.54, 1.807) is 34.9 Å². The first-order valence-electron chi connectivity index (χ1n) is 11.3. The molecule has 0 spiro atoms. The van der Waals surface area contributed by atoms with E-state index in [0.29, 0.717) is 36.8 Å². The van der Waals surface area contributed by atoms with Gasteiger partial charge in [0.1, 0.15) is 0 Å². The Morgan fingerprint density at radius 1 is 1.18 bits per heavy atom. The number of rotatable bonds is 10. The van der Waals surface area contributed by atoms with Crippen LogP contribution in [0.15, 0.2) is 58.3 Å². The van der Waals surface area contributed by atoms with Gasteiger partial charge in [-0.3, -0.25) is 14.6 Å². The number of carbonyl (C=O) groups is 1. The minimum absolute atomic E-state index is 0.0457. The van der Waals surface area contributed by atoms with Gasteiger partial charge in [0.25, 0.3) is 0 Å². The lowest BCUT2D eigenvalue weighted by Crippen LogP contribution is -2.43. The Hall–Kier alpha value is -1.98. The summed E-state index contributed by atoms with van der Waals surface area (Å²) in [5, 5.41) is 0.620. The fourth-order valence-electron chi connectivity index (χ4n) is 3.70. The summed E-state index contributed by atoms with van der Waals surface area (Å²) in [5.74, 6) is 0.911. The van der Waals surface area contributed by atoms with E-state index in [0.717, 1.165) is 36.5 Å². The number of benzene rings is 2. The smallest absolute Gasteiger partial charge is 0.228 e. The van der Waals surface area contributed by atoms with Crippen molar-refractivity contribution in [3.8, 4) is 0 Å². The molecule has 2 heterocycles. The summed E-state index contributed by atoms with van der Waals surface area (Å²) in [4.78, 5) is 23.5. The molecular weight excluding hydrogens is 490 g/mol. The van der Waals surface area contributed by atoms with Crippen LogP contribution in [0.5, 0.6) is 0 Å². The van der Waals surface area contributed by atoms with E-state index in [1.165, 1.54) is 22.5 Å². The molecule has 182 valence electrons. The second kappa shape index (κ2) is 11.6. The number of amides is 1. The van der Waals surface area contributed by atoms with Gasteiger partial charge in [-0.2, -0.15) is 0 Å². The number of hydrogen-bond donors (Lipinski definition) is 0. The number of sulfone groups is 1. The van der Waals surface area contributed by atoms with Crippen LogP contribution in [0.1, 0.15) is 12.8 Å². The Kier molecular flexibility index (Phi) is 8.60. The molecule has 1 aromatic heterocycles. The summed E-state index contributed by atoms with van der Waals surface area (Å²) in [6.45, 7) is 4.42. The van der Waals surface area contributed by atoms with Crippen LogP contribution in [-0.2, 0) is 19.4 Å². The summed E-state index contributed by atoms with van der Waals surface area (Å²) in [5.41, 5.74) is 0.705. The third-order valence-corrected chi connectivity index (χ3v) is 8.85. The SMILES string of the molecule is CS(=O)(=O)c1ccc2nc(N(CCN3CCOCC3)C(=O)CCCSc3ccccc3)sc2c1. The van der Waals surface area contributed by atoms with Gasteiger partial charge in [-0.05, 0) is 42.5 Å². The number of hydrogen-bond acceptors (Lipinski definition) is 8. The van der Waals surface area contributed by atoms with Crippen LogP contribution in [-0.4, -0.2) is 75.6 Å². The first-order chi connectivity index (χ1) is 16.4. The molecule has 0 N–H and O–H groups in total. The summed E-state index contributed by atoms with van der Waals surface area (Å²) >= 11 is 3.12. The zero-order valence-electron chi connectivity index (χ0n) is 19.2. The van der Waals surface area contributed by atoms with E-state index in [-0.39, 0.29) is 10.8 Å². The number of thioether (sulfide) groups is 1. The lowest BCUT2D eigenvalue weighted by atomic mass is 10.3. The van der Waals surface area contributed by atoms with Crippen molar-refractivity contribution in [2.24, 2.45) is 0 Å². The highest BCUT2D eigenvalue weighted by atomic mass is 32.2. The molecule has 0 bridgehead atoms. The van der Waals surface area contributed by atoms with Gasteiger partial charge in [0.2, 0.25) is 5.91 Å². The Balaban J connectivity index is 1.46. The molecule has 1 saturated heterocycles. The molecule has 4 rings (SSSR count). The third kappa shape index (κ3) is 6.79. The number of fused-ring (bicyclic) bond motifs is 1. The normalized spacial score (nSPS) is 15.0. The first-order valence-corrected chi connectivity index (χ1v) is 15.0. The zero-order valence-corrected chi connectivity index (χ0v) is 21.6. The van der Waals surface area contributed by atoms with E-state index in [9.17, 15) is 13.2 Å². The van der Waals surface area contributed by atoms with Crippen molar-refractivity contribution in [2.75, 3.05) is 56.3 Å². The fraction of sp³-hybridized carbons (Fsp3) is 0.417. The van der Waals surface area contributed by atoms with Crippen molar-refractivity contribution in [1.29, 1.82) is 0 Å². The Bertz CT molecular complexity index is 1210. The molecule has 10 heteroatoms. The number of carbonyl (C=O) groups excluding carboxylic acids is 1. The van der Waals surface area contributed by atoms with Gasteiger partial charge in [-0.25, -0.2) is 13.4 Å². The van der Waals surface area contributed by atoms with Gasteiger partial charge in [0.05, 0.1) is 28.3 Å². The highest BCUT2D eigenvalue weighted by Gasteiger charge is 2.22. The van der Waals surface area contributed by atoms with Gasteiger partial charge in [-0.1, -0.05) is 29.5 Å². The fourth-order valence-corrected chi connectivity index (χ4v) is 6.34. The van der Waals surface area contributed by atoms with Crippen molar-refractivity contribution in [3.63, 3.8) is 0 Å². The summed E-state index contributed by atoms with van der Waals surface area (Å²) in [6.07, 6.45) is 2.41. The summed E-state index contributed by atoms with van der Waals surface area (Å²) in [7, 11) is -3.31. The largest absolute Gasteiger partial charge is 0.379 e. The quantitative estimate of drug-likeness (QED) is 0.297. The highest BCUT2D eigenvalue weighted by molar-refractivity contribution is 7.99. The molecular formula is C24H29N3O4S3. The maximum atomic E-state index is 13.3. The van der Waals surface area contributed by atoms with Crippen LogP contribution in [0.25, 0.3) is 10.2 Å². The van der Waals surface area contributed by atoms with Crippen LogP contribution >= 0.6 is 23.1 Å². The second-order valence-electron chi connectivity index (χ2n) is 8.16. The lowest BCUT2D eigenvalue weighted by Gasteiger charge is -2.29. The Labute approximate surface area is 209 Å². The first kappa shape index (κ1) is 25.1. The molecule has 1 fully saturated rings. The number of thiazole rings is 1. The average molecular weight is 520 g/mol. The summed E-state index contributed by atoms with van der Waals surface area (Å²) in [6, 6.07) is 15.1. The number of ether oxygens (including phenoxy) is 1.